The number of thiol groups is 1. The van der Waals surface area contributed by atoms with Crippen LogP contribution in [0.4, 0.5) is 10.1 Å². The number of hydrogen-bond acceptors (Lipinski definition) is 1. The summed E-state index contributed by atoms with van der Waals surface area (Å²) in [6, 6.07) is 5.86. The molecule has 0 aliphatic heterocycles. The first-order valence-corrected chi connectivity index (χ1v) is 3.43. The van der Waals surface area contributed by atoms with Crippen LogP contribution in [0.15, 0.2) is 24.3 Å². The fourth-order valence-corrected chi connectivity index (χ4v) is 0.832. The molecule has 1 aromatic carbocycles. The van der Waals surface area contributed by atoms with Gasteiger partial charge < -0.3 is 5.32 Å². The van der Waals surface area contributed by atoms with Crippen molar-refractivity contribution in [3.8, 4) is 0 Å². The molecule has 0 atom stereocenters. The SMILES string of the molecule is N=C(S)Nc1cccc(F)c1.[NaH]. The van der Waals surface area contributed by atoms with Gasteiger partial charge in [-0.05, 0) is 18.2 Å². The molecule has 0 unspecified atom stereocenters. The first-order chi connectivity index (χ1) is 5.18. The Bertz CT molecular complexity index is 280. The second kappa shape index (κ2) is 5.59. The molecular weight excluding hydrogens is 186 g/mol. The third-order valence-electron chi connectivity index (χ3n) is 1.09. The van der Waals surface area contributed by atoms with Crippen molar-refractivity contribution in [1.29, 1.82) is 5.41 Å². The number of amidine groups is 1. The zero-order valence-corrected chi connectivity index (χ0v) is 6.53. The van der Waals surface area contributed by atoms with Crippen LogP contribution in [-0.4, -0.2) is 34.7 Å². The zero-order chi connectivity index (χ0) is 8.27. The first kappa shape index (κ1) is 12.0. The van der Waals surface area contributed by atoms with E-state index in [0.29, 0.717) is 5.69 Å². The van der Waals surface area contributed by atoms with E-state index in [-0.39, 0.29) is 40.5 Å². The molecule has 0 aliphatic rings. The average Bonchev–Trinajstić information content (AvgIpc) is 1.85. The summed E-state index contributed by atoms with van der Waals surface area (Å²) in [6.07, 6.45) is 0. The Hall–Kier alpha value is -0.0300. The Morgan fingerprint density at radius 1 is 1.50 bits per heavy atom. The average molecular weight is 194 g/mol. The molecular formula is C7H8FN2NaS. The van der Waals surface area contributed by atoms with Crippen LogP contribution < -0.4 is 5.32 Å². The number of nitrogens with one attached hydrogen (secondary N) is 2. The molecule has 0 fully saturated rings. The minimum absolute atomic E-state index is 0. The molecule has 0 bridgehead atoms. The Labute approximate surface area is 97.8 Å². The number of halogens is 1. The van der Waals surface area contributed by atoms with Crippen LogP contribution in [0.5, 0.6) is 0 Å². The maximum atomic E-state index is 12.5. The third kappa shape index (κ3) is 4.11. The van der Waals surface area contributed by atoms with Crippen LogP contribution in [0.3, 0.4) is 0 Å². The number of hydrogen-bond donors (Lipinski definition) is 3. The summed E-state index contributed by atoms with van der Waals surface area (Å²) in [6.45, 7) is 0. The summed E-state index contributed by atoms with van der Waals surface area (Å²) in [5, 5.41) is 9.48. The quantitative estimate of drug-likeness (QED) is 0.269. The van der Waals surface area contributed by atoms with Crippen molar-refractivity contribution in [2.45, 2.75) is 0 Å². The Morgan fingerprint density at radius 3 is 2.67 bits per heavy atom. The van der Waals surface area contributed by atoms with Crippen LogP contribution in [0, 0.1) is 11.2 Å². The zero-order valence-electron chi connectivity index (χ0n) is 5.63. The van der Waals surface area contributed by atoms with E-state index in [1.807, 2.05) is 0 Å². The van der Waals surface area contributed by atoms with Gasteiger partial charge in [0.2, 0.25) is 0 Å². The van der Waals surface area contributed by atoms with Crippen molar-refractivity contribution < 1.29 is 4.39 Å². The van der Waals surface area contributed by atoms with Crippen molar-refractivity contribution in [1.82, 2.24) is 0 Å². The summed E-state index contributed by atoms with van der Waals surface area (Å²) in [7, 11) is 0. The van der Waals surface area contributed by atoms with E-state index in [4.69, 9.17) is 5.41 Å². The molecule has 0 aromatic heterocycles. The topological polar surface area (TPSA) is 35.9 Å². The Balaban J connectivity index is 0.00000121. The van der Waals surface area contributed by atoms with Crippen LogP contribution in [0.2, 0.25) is 0 Å². The van der Waals surface area contributed by atoms with Crippen LogP contribution in [-0.2, 0) is 0 Å². The van der Waals surface area contributed by atoms with E-state index in [9.17, 15) is 4.39 Å². The molecule has 12 heavy (non-hydrogen) atoms. The molecule has 0 saturated carbocycles. The van der Waals surface area contributed by atoms with Gasteiger partial charge in [-0.3, -0.25) is 5.41 Å². The van der Waals surface area contributed by atoms with E-state index in [0.717, 1.165) is 0 Å². The molecule has 5 heteroatoms. The molecule has 0 radical (unpaired) electrons. The van der Waals surface area contributed by atoms with Gasteiger partial charge in [0.15, 0.2) is 5.17 Å². The van der Waals surface area contributed by atoms with Crippen molar-refractivity contribution in [3.63, 3.8) is 0 Å². The van der Waals surface area contributed by atoms with Crippen molar-refractivity contribution >= 4 is 53.0 Å². The van der Waals surface area contributed by atoms with Gasteiger partial charge in [0.1, 0.15) is 5.82 Å². The molecule has 0 heterocycles. The van der Waals surface area contributed by atoms with E-state index >= 15 is 0 Å². The van der Waals surface area contributed by atoms with Gasteiger partial charge in [-0.25, -0.2) is 4.39 Å². The second-order valence-electron chi connectivity index (χ2n) is 1.98. The molecule has 0 amide bonds. The predicted octanol–water partition coefficient (Wildman–Crippen LogP) is 1.45. The summed E-state index contributed by atoms with van der Waals surface area (Å²) in [4.78, 5) is 0. The maximum absolute atomic E-state index is 12.5. The Kier molecular flexibility index (Phi) is 5.57. The van der Waals surface area contributed by atoms with E-state index in [1.165, 1.54) is 12.1 Å². The number of anilines is 1. The number of rotatable bonds is 1. The van der Waals surface area contributed by atoms with Crippen molar-refractivity contribution in [2.24, 2.45) is 0 Å². The summed E-state index contributed by atoms with van der Waals surface area (Å²) < 4.78 is 12.5. The van der Waals surface area contributed by atoms with E-state index in [2.05, 4.69) is 17.9 Å². The van der Waals surface area contributed by atoms with Gasteiger partial charge in [0, 0.05) is 5.69 Å². The van der Waals surface area contributed by atoms with Gasteiger partial charge in [-0.15, -0.1) is 12.6 Å². The first-order valence-electron chi connectivity index (χ1n) is 2.98. The second-order valence-corrected chi connectivity index (χ2v) is 2.43. The van der Waals surface area contributed by atoms with Gasteiger partial charge in [0.05, 0.1) is 0 Å². The summed E-state index contributed by atoms with van der Waals surface area (Å²) >= 11 is 3.69. The standard InChI is InChI=1S/C7H7FN2S.Na.H/c8-5-2-1-3-6(4-5)10-7(9)11;;/h1-4H,(H3,9,10,11);;. The fourth-order valence-electron chi connectivity index (χ4n) is 0.703. The molecule has 2 nitrogen and oxygen atoms in total. The Morgan fingerprint density at radius 2 is 2.17 bits per heavy atom. The molecule has 1 rings (SSSR count). The molecule has 0 saturated heterocycles. The molecule has 0 spiro atoms. The third-order valence-corrected chi connectivity index (χ3v) is 1.20. The minimum atomic E-state index is -0.329. The number of benzene rings is 1. The normalized spacial score (nSPS) is 8.50. The molecule has 1 aromatic rings. The van der Waals surface area contributed by atoms with Gasteiger partial charge in [-0.1, -0.05) is 6.07 Å². The predicted molar refractivity (Wildman–Crippen MR) is 53.9 cm³/mol. The summed E-state index contributed by atoms with van der Waals surface area (Å²) in [5.41, 5.74) is 0.532. The van der Waals surface area contributed by atoms with Crippen LogP contribution in [0.25, 0.3) is 0 Å². The molecule has 60 valence electrons. The van der Waals surface area contributed by atoms with Gasteiger partial charge in [-0.2, -0.15) is 0 Å². The van der Waals surface area contributed by atoms with Crippen molar-refractivity contribution in [3.05, 3.63) is 30.1 Å². The van der Waals surface area contributed by atoms with Crippen LogP contribution >= 0.6 is 12.6 Å². The van der Waals surface area contributed by atoms with Gasteiger partial charge >= 0.3 is 29.6 Å². The van der Waals surface area contributed by atoms with E-state index in [1.54, 1.807) is 12.1 Å². The van der Waals surface area contributed by atoms with Crippen molar-refractivity contribution in [2.75, 3.05) is 5.32 Å². The van der Waals surface area contributed by atoms with E-state index < -0.39 is 0 Å². The van der Waals surface area contributed by atoms with Crippen LogP contribution in [0.1, 0.15) is 0 Å². The monoisotopic (exact) mass is 194 g/mol. The van der Waals surface area contributed by atoms with Gasteiger partial charge in [0.25, 0.3) is 0 Å². The summed E-state index contributed by atoms with van der Waals surface area (Å²) in [5.74, 6) is -0.329. The fraction of sp³-hybridized carbons (Fsp3) is 0. The molecule has 0 aliphatic carbocycles. The molecule has 2 N–H and O–H groups in total.